The highest BCUT2D eigenvalue weighted by Gasteiger charge is 2.29. The maximum atomic E-state index is 13.2. The van der Waals surface area contributed by atoms with Gasteiger partial charge in [-0.15, -0.1) is 0 Å². The van der Waals surface area contributed by atoms with Crippen LogP contribution in [0.15, 0.2) is 89.8 Å². The van der Waals surface area contributed by atoms with Crippen molar-refractivity contribution in [2.24, 2.45) is 0 Å². The molecule has 0 spiro atoms. The van der Waals surface area contributed by atoms with Crippen LogP contribution >= 0.6 is 0 Å². The van der Waals surface area contributed by atoms with Crippen molar-refractivity contribution < 1.29 is 17.9 Å². The summed E-state index contributed by atoms with van der Waals surface area (Å²) < 4.78 is 31.5. The van der Waals surface area contributed by atoms with E-state index in [1.807, 2.05) is 18.2 Å². The second kappa shape index (κ2) is 9.39. The minimum Gasteiger partial charge on any atom is -0.497 e. The highest BCUT2D eigenvalue weighted by Crippen LogP contribution is 2.28. The molecule has 0 aliphatic heterocycles. The molecular weight excluding hydrogens is 386 g/mol. The fourth-order valence-electron chi connectivity index (χ4n) is 3.05. The number of nitrogens with one attached hydrogen (secondary N) is 1. The number of hydrogen-bond acceptors (Lipinski definition) is 4. The van der Waals surface area contributed by atoms with Crippen LogP contribution in [-0.4, -0.2) is 28.0 Å². The van der Waals surface area contributed by atoms with Crippen molar-refractivity contribution in [3.05, 3.63) is 96.1 Å². The summed E-state index contributed by atoms with van der Waals surface area (Å²) in [7, 11) is -2.08. The van der Waals surface area contributed by atoms with Crippen molar-refractivity contribution in [3.8, 4) is 5.75 Å². The second-order valence-electron chi connectivity index (χ2n) is 6.59. The van der Waals surface area contributed by atoms with E-state index >= 15 is 0 Å². The van der Waals surface area contributed by atoms with E-state index in [9.17, 15) is 13.2 Å². The van der Waals surface area contributed by atoms with E-state index in [4.69, 9.17) is 4.74 Å². The van der Waals surface area contributed by atoms with E-state index in [0.29, 0.717) is 11.3 Å². The van der Waals surface area contributed by atoms with E-state index in [-0.39, 0.29) is 23.8 Å². The van der Waals surface area contributed by atoms with Gasteiger partial charge in [0.05, 0.1) is 18.4 Å². The van der Waals surface area contributed by atoms with Gasteiger partial charge < -0.3 is 10.1 Å². The van der Waals surface area contributed by atoms with Crippen LogP contribution in [0.1, 0.15) is 16.4 Å². The summed E-state index contributed by atoms with van der Waals surface area (Å²) in [6.07, 6.45) is 0.164. The Kier molecular flexibility index (Phi) is 6.67. The predicted octanol–water partition coefficient (Wildman–Crippen LogP) is 3.57. The zero-order chi connectivity index (χ0) is 20.7. The zero-order valence-corrected chi connectivity index (χ0v) is 16.9. The van der Waals surface area contributed by atoms with Crippen molar-refractivity contribution in [3.63, 3.8) is 0 Å². The summed E-state index contributed by atoms with van der Waals surface area (Å²) in [5.74, 6) is 0.478. The Morgan fingerprint density at radius 2 is 1.48 bits per heavy atom. The van der Waals surface area contributed by atoms with Crippen molar-refractivity contribution in [1.29, 1.82) is 0 Å². The molecular formula is C23H23NO4S. The van der Waals surface area contributed by atoms with Crippen LogP contribution in [0.25, 0.3) is 0 Å². The van der Waals surface area contributed by atoms with Gasteiger partial charge in [0.2, 0.25) is 5.91 Å². The molecule has 1 N–H and O–H groups in total. The lowest BCUT2D eigenvalue weighted by atomic mass is 10.1. The molecule has 29 heavy (non-hydrogen) atoms. The summed E-state index contributed by atoms with van der Waals surface area (Å²) in [6.45, 7) is -0.00374. The predicted molar refractivity (Wildman–Crippen MR) is 113 cm³/mol. The van der Waals surface area contributed by atoms with Gasteiger partial charge >= 0.3 is 0 Å². The molecule has 0 unspecified atom stereocenters. The number of sulfone groups is 1. The van der Waals surface area contributed by atoms with Gasteiger partial charge in [-0.05, 0) is 35.4 Å². The number of benzene rings is 3. The summed E-state index contributed by atoms with van der Waals surface area (Å²) in [5.41, 5.74) is 1.46. The third-order valence-electron chi connectivity index (χ3n) is 4.63. The summed E-state index contributed by atoms with van der Waals surface area (Å²) in [5, 5.41) is 1.92. The molecule has 0 heterocycles. The number of methoxy groups -OCH3 is 1. The third kappa shape index (κ3) is 5.23. The molecule has 150 valence electrons. The molecule has 5 nitrogen and oxygen atoms in total. The largest absolute Gasteiger partial charge is 0.497 e. The smallest absolute Gasteiger partial charge is 0.224 e. The molecule has 0 aliphatic carbocycles. The number of amides is 1. The second-order valence-corrected chi connectivity index (χ2v) is 8.72. The highest BCUT2D eigenvalue weighted by molar-refractivity contribution is 7.91. The van der Waals surface area contributed by atoms with Gasteiger partial charge in [-0.2, -0.15) is 0 Å². The van der Waals surface area contributed by atoms with E-state index < -0.39 is 15.1 Å². The molecule has 3 aromatic rings. The topological polar surface area (TPSA) is 72.5 Å². The first-order chi connectivity index (χ1) is 14.0. The number of hydrogen-bond donors (Lipinski definition) is 1. The van der Waals surface area contributed by atoms with Crippen LogP contribution in [0.5, 0.6) is 5.75 Å². The van der Waals surface area contributed by atoms with Crippen molar-refractivity contribution in [2.75, 3.05) is 13.7 Å². The number of carbonyl (C=O) groups is 1. The molecule has 0 bridgehead atoms. The Morgan fingerprint density at radius 1 is 0.897 bits per heavy atom. The third-order valence-corrected chi connectivity index (χ3v) is 6.74. The number of rotatable bonds is 8. The first kappa shape index (κ1) is 20.6. The summed E-state index contributed by atoms with van der Waals surface area (Å²) in [4.78, 5) is 12.7. The lowest BCUT2D eigenvalue weighted by Gasteiger charge is -2.19. The molecule has 0 saturated heterocycles. The molecule has 1 amide bonds. The fraction of sp³-hybridized carbons (Fsp3) is 0.174. The standard InChI is InChI=1S/C23H23NO4S/c1-28-20-14-12-18(13-15-20)16-23(25)24-17-22(19-8-4-2-5-9-19)29(26,27)21-10-6-3-7-11-21/h2-15,22H,16-17H2,1H3,(H,24,25)/t22-/m0/s1. The van der Waals surface area contributed by atoms with Crippen molar-refractivity contribution in [2.45, 2.75) is 16.6 Å². The first-order valence-corrected chi connectivity index (χ1v) is 10.8. The van der Waals surface area contributed by atoms with Gasteiger partial charge in [-0.1, -0.05) is 60.7 Å². The van der Waals surface area contributed by atoms with Gasteiger partial charge in [0.15, 0.2) is 9.84 Å². The quantitative estimate of drug-likeness (QED) is 0.617. The fourth-order valence-corrected chi connectivity index (χ4v) is 4.73. The highest BCUT2D eigenvalue weighted by atomic mass is 32.2. The average Bonchev–Trinajstić information content (AvgIpc) is 2.75. The van der Waals surface area contributed by atoms with Gasteiger partial charge in [0.1, 0.15) is 11.0 Å². The summed E-state index contributed by atoms with van der Waals surface area (Å²) >= 11 is 0. The Morgan fingerprint density at radius 3 is 2.07 bits per heavy atom. The zero-order valence-electron chi connectivity index (χ0n) is 16.1. The Labute approximate surface area is 171 Å². The monoisotopic (exact) mass is 409 g/mol. The van der Waals surface area contributed by atoms with Gasteiger partial charge in [0, 0.05) is 6.54 Å². The number of carbonyl (C=O) groups excluding carboxylic acids is 1. The van der Waals surface area contributed by atoms with E-state index in [2.05, 4.69) is 5.32 Å². The van der Waals surface area contributed by atoms with E-state index in [1.165, 1.54) is 0 Å². The molecule has 3 aromatic carbocycles. The maximum absolute atomic E-state index is 13.2. The van der Waals surface area contributed by atoms with Gasteiger partial charge in [-0.3, -0.25) is 4.79 Å². The SMILES string of the molecule is COc1ccc(CC(=O)NC[C@@H](c2ccccc2)S(=O)(=O)c2ccccc2)cc1. The van der Waals surface area contributed by atoms with Crippen LogP contribution in [-0.2, 0) is 21.1 Å². The van der Waals surface area contributed by atoms with Crippen molar-refractivity contribution >= 4 is 15.7 Å². The van der Waals surface area contributed by atoms with E-state index in [1.54, 1.807) is 73.8 Å². The van der Waals surface area contributed by atoms with Crippen molar-refractivity contribution in [1.82, 2.24) is 5.32 Å². The van der Waals surface area contributed by atoms with Crippen LogP contribution in [0, 0.1) is 0 Å². The normalized spacial score (nSPS) is 12.2. The van der Waals surface area contributed by atoms with Crippen LogP contribution in [0.4, 0.5) is 0 Å². The van der Waals surface area contributed by atoms with Crippen LogP contribution < -0.4 is 10.1 Å². The summed E-state index contributed by atoms with van der Waals surface area (Å²) in [6, 6.07) is 24.5. The molecule has 3 rings (SSSR count). The first-order valence-electron chi connectivity index (χ1n) is 9.24. The van der Waals surface area contributed by atoms with Crippen LogP contribution in [0.3, 0.4) is 0 Å². The average molecular weight is 410 g/mol. The molecule has 1 atom stereocenters. The minimum atomic E-state index is -3.66. The lowest BCUT2D eigenvalue weighted by Crippen LogP contribution is -2.32. The molecule has 0 radical (unpaired) electrons. The van der Waals surface area contributed by atoms with E-state index in [0.717, 1.165) is 5.56 Å². The Balaban J connectivity index is 1.76. The molecule has 6 heteroatoms. The molecule has 0 fully saturated rings. The Hall–Kier alpha value is -3.12. The van der Waals surface area contributed by atoms with Crippen LogP contribution in [0.2, 0.25) is 0 Å². The van der Waals surface area contributed by atoms with Gasteiger partial charge in [0.25, 0.3) is 0 Å². The Bertz CT molecular complexity index is 1030. The maximum Gasteiger partial charge on any atom is 0.224 e. The minimum absolute atomic E-state index is 0.00374. The molecule has 0 aromatic heterocycles. The lowest BCUT2D eigenvalue weighted by molar-refractivity contribution is -0.120. The molecule has 0 saturated carbocycles. The molecule has 0 aliphatic rings. The number of ether oxygens (including phenoxy) is 1. The van der Waals surface area contributed by atoms with Gasteiger partial charge in [-0.25, -0.2) is 8.42 Å².